The molecule has 0 N–H and O–H groups in total. The van der Waals surface area contributed by atoms with E-state index in [1.807, 2.05) is 67.5 Å². The third-order valence-corrected chi connectivity index (χ3v) is 6.31. The summed E-state index contributed by atoms with van der Waals surface area (Å²) in [6.07, 6.45) is 9.77. The first kappa shape index (κ1) is 39.0. The molecule has 0 aromatic heterocycles. The van der Waals surface area contributed by atoms with Gasteiger partial charge in [0.05, 0.1) is 0 Å². The molecule has 0 heterocycles. The monoisotopic (exact) mass is 540 g/mol. The van der Waals surface area contributed by atoms with Crippen molar-refractivity contribution in [1.29, 1.82) is 0 Å². The zero-order valence-electron chi connectivity index (χ0n) is 28.2. The van der Waals surface area contributed by atoms with Gasteiger partial charge in [-0.1, -0.05) is 161 Å². The second-order valence-corrected chi connectivity index (χ2v) is 8.61. The van der Waals surface area contributed by atoms with Crippen LogP contribution in [-0.4, -0.2) is 0 Å². The van der Waals surface area contributed by atoms with E-state index in [9.17, 15) is 0 Å². The van der Waals surface area contributed by atoms with Crippen molar-refractivity contribution in [2.45, 2.75) is 109 Å². The average Bonchev–Trinajstić information content (AvgIpc) is 3.02. The van der Waals surface area contributed by atoms with Crippen LogP contribution < -0.4 is 0 Å². The number of benzene rings is 3. The van der Waals surface area contributed by atoms with Crippen LogP contribution in [0.2, 0.25) is 0 Å². The van der Waals surface area contributed by atoms with Crippen molar-refractivity contribution in [1.82, 2.24) is 0 Å². The Hall–Kier alpha value is -3.12. The van der Waals surface area contributed by atoms with E-state index in [0.29, 0.717) is 0 Å². The van der Waals surface area contributed by atoms with Gasteiger partial charge in [0.25, 0.3) is 0 Å². The molecule has 0 heteroatoms. The highest BCUT2D eigenvalue weighted by Crippen LogP contribution is 2.33. The van der Waals surface area contributed by atoms with Crippen molar-refractivity contribution in [3.05, 3.63) is 131 Å². The van der Waals surface area contributed by atoms with Gasteiger partial charge in [-0.25, -0.2) is 0 Å². The van der Waals surface area contributed by atoms with Crippen molar-refractivity contribution in [3.8, 4) is 11.1 Å². The Morgan fingerprint density at radius 3 is 1.88 bits per heavy atom. The van der Waals surface area contributed by atoms with Crippen LogP contribution in [0.25, 0.3) is 11.1 Å². The van der Waals surface area contributed by atoms with Crippen molar-refractivity contribution in [2.75, 3.05) is 0 Å². The van der Waals surface area contributed by atoms with Crippen LogP contribution in [0.15, 0.2) is 91.6 Å². The molecule has 220 valence electrons. The third-order valence-electron chi connectivity index (χ3n) is 6.31. The summed E-state index contributed by atoms with van der Waals surface area (Å²) >= 11 is 0. The Balaban J connectivity index is 0. The summed E-state index contributed by atoms with van der Waals surface area (Å²) in [5.41, 5.74) is 13.6. The van der Waals surface area contributed by atoms with E-state index in [1.165, 1.54) is 55.6 Å². The molecule has 3 aromatic carbocycles. The Kier molecular flexibility index (Phi) is 23.2. The summed E-state index contributed by atoms with van der Waals surface area (Å²) in [5, 5.41) is 0. The number of rotatable bonds is 9. The van der Waals surface area contributed by atoms with Crippen LogP contribution >= 0.6 is 0 Å². The summed E-state index contributed by atoms with van der Waals surface area (Å²) < 4.78 is 0. The van der Waals surface area contributed by atoms with Crippen LogP contribution in [0.1, 0.15) is 108 Å². The van der Waals surface area contributed by atoms with E-state index in [4.69, 9.17) is 0 Å². The minimum Gasteiger partial charge on any atom is -0.0991 e. The molecule has 0 aliphatic carbocycles. The van der Waals surface area contributed by atoms with E-state index in [2.05, 4.69) is 102 Å². The normalized spacial score (nSPS) is 9.75. The van der Waals surface area contributed by atoms with Crippen LogP contribution in [-0.2, 0) is 25.7 Å². The second-order valence-electron chi connectivity index (χ2n) is 8.61. The maximum Gasteiger partial charge on any atom is -0.00228 e. The zero-order valence-corrected chi connectivity index (χ0v) is 28.2. The lowest BCUT2D eigenvalue weighted by molar-refractivity contribution is 1.05. The Bertz CT molecular complexity index is 1140. The van der Waals surface area contributed by atoms with Gasteiger partial charge in [0.1, 0.15) is 0 Å². The van der Waals surface area contributed by atoms with Crippen molar-refractivity contribution >= 4 is 0 Å². The van der Waals surface area contributed by atoms with Crippen LogP contribution in [0.5, 0.6) is 0 Å². The standard InChI is InChI=1S/C32H36.4C2H6/c1-7-12-25(8-2)20-29-18-16-24(6)32(31(29)10-4)30-14-11-13-26(22-30)21-28-17-15-23(5)19-27(28)9-3;4*1-2/h7-8,11-19,22H,1-2,9-10,20-21H2,3-6H3;4*1-2H3/b25-12+;;;;. The highest BCUT2D eigenvalue weighted by atomic mass is 14.2. The van der Waals surface area contributed by atoms with E-state index in [1.54, 1.807) is 0 Å². The maximum absolute atomic E-state index is 3.98. The first-order chi connectivity index (χ1) is 19.5. The van der Waals surface area contributed by atoms with Gasteiger partial charge in [-0.3, -0.25) is 0 Å². The lowest BCUT2D eigenvalue weighted by atomic mass is 9.86. The molecule has 0 bridgehead atoms. The van der Waals surface area contributed by atoms with Gasteiger partial charge in [-0.15, -0.1) is 0 Å². The SMILES string of the molecule is C=C/C=C(\C=C)Cc1ccc(C)c(-c2cccc(Cc3ccc(C)cc3CC)c2)c1CC.CC.CC.CC.CC. The molecular weight excluding hydrogens is 480 g/mol. The van der Waals surface area contributed by atoms with Crippen molar-refractivity contribution < 1.29 is 0 Å². The number of allylic oxidation sites excluding steroid dienone is 4. The first-order valence-electron chi connectivity index (χ1n) is 15.7. The predicted octanol–water partition coefficient (Wildman–Crippen LogP) is 12.6. The van der Waals surface area contributed by atoms with Gasteiger partial charge in [-0.2, -0.15) is 0 Å². The summed E-state index contributed by atoms with van der Waals surface area (Å²) in [6.45, 7) is 32.7. The fraction of sp³-hybridized carbons (Fsp3) is 0.400. The fourth-order valence-electron chi connectivity index (χ4n) is 4.66. The molecule has 0 saturated heterocycles. The van der Waals surface area contributed by atoms with Crippen LogP contribution in [0.4, 0.5) is 0 Å². The molecule has 0 fully saturated rings. The lowest BCUT2D eigenvalue weighted by Crippen LogP contribution is -2.01. The molecule has 40 heavy (non-hydrogen) atoms. The summed E-state index contributed by atoms with van der Waals surface area (Å²) in [4.78, 5) is 0. The summed E-state index contributed by atoms with van der Waals surface area (Å²) in [6, 6.07) is 20.5. The van der Waals surface area contributed by atoms with E-state index in [0.717, 1.165) is 25.7 Å². The van der Waals surface area contributed by atoms with Crippen LogP contribution in [0, 0.1) is 13.8 Å². The number of hydrogen-bond acceptors (Lipinski definition) is 0. The Morgan fingerprint density at radius 2 is 1.32 bits per heavy atom. The molecule has 0 spiro atoms. The molecule has 0 amide bonds. The minimum absolute atomic E-state index is 0.884. The molecule has 0 radical (unpaired) electrons. The minimum atomic E-state index is 0.884. The molecule has 0 aliphatic rings. The molecule has 0 unspecified atom stereocenters. The Labute approximate surface area is 250 Å². The molecular formula is C40H60. The lowest BCUT2D eigenvalue weighted by Gasteiger charge is -2.18. The first-order valence-corrected chi connectivity index (χ1v) is 15.7. The number of hydrogen-bond donors (Lipinski definition) is 0. The topological polar surface area (TPSA) is 0 Å². The Morgan fingerprint density at radius 1 is 0.700 bits per heavy atom. The van der Waals surface area contributed by atoms with Crippen molar-refractivity contribution in [2.24, 2.45) is 0 Å². The van der Waals surface area contributed by atoms with Gasteiger partial charge >= 0.3 is 0 Å². The van der Waals surface area contributed by atoms with Crippen molar-refractivity contribution in [3.63, 3.8) is 0 Å². The highest BCUT2D eigenvalue weighted by Gasteiger charge is 2.13. The van der Waals surface area contributed by atoms with E-state index < -0.39 is 0 Å². The van der Waals surface area contributed by atoms with Crippen LogP contribution in [0.3, 0.4) is 0 Å². The molecule has 0 saturated carbocycles. The van der Waals surface area contributed by atoms with E-state index >= 15 is 0 Å². The molecule has 0 nitrogen and oxygen atoms in total. The smallest absolute Gasteiger partial charge is 0.00228 e. The maximum atomic E-state index is 3.98. The fourth-order valence-corrected chi connectivity index (χ4v) is 4.66. The largest absolute Gasteiger partial charge is 0.0991 e. The van der Waals surface area contributed by atoms with Gasteiger partial charge in [0.15, 0.2) is 0 Å². The number of aryl methyl sites for hydroxylation is 3. The highest BCUT2D eigenvalue weighted by molar-refractivity contribution is 5.73. The molecule has 3 aromatic rings. The summed E-state index contributed by atoms with van der Waals surface area (Å²) in [7, 11) is 0. The second kappa shape index (κ2) is 23.7. The summed E-state index contributed by atoms with van der Waals surface area (Å²) in [5.74, 6) is 0. The van der Waals surface area contributed by atoms with Gasteiger partial charge in [-0.05, 0) is 89.6 Å². The zero-order chi connectivity index (χ0) is 31.1. The van der Waals surface area contributed by atoms with Gasteiger partial charge in [0, 0.05) is 0 Å². The molecule has 0 aliphatic heterocycles. The quantitative estimate of drug-likeness (QED) is 0.237. The van der Waals surface area contributed by atoms with E-state index in [-0.39, 0.29) is 0 Å². The molecule has 0 atom stereocenters. The predicted molar refractivity (Wildman–Crippen MR) is 187 cm³/mol. The van der Waals surface area contributed by atoms with Gasteiger partial charge in [0.2, 0.25) is 0 Å². The third kappa shape index (κ3) is 12.0. The molecule has 3 rings (SSSR count). The average molecular weight is 541 g/mol. The van der Waals surface area contributed by atoms with Gasteiger partial charge < -0.3 is 0 Å².